The lowest BCUT2D eigenvalue weighted by atomic mass is 9.68. The lowest BCUT2D eigenvalue weighted by Gasteiger charge is -2.42. The summed E-state index contributed by atoms with van der Waals surface area (Å²) in [5.74, 6) is 0. The molecule has 0 amide bonds. The van der Waals surface area contributed by atoms with Crippen molar-refractivity contribution in [2.45, 2.75) is 32.7 Å². The minimum Gasteiger partial charge on any atom is -0.240 e. The van der Waals surface area contributed by atoms with Crippen molar-refractivity contribution < 1.29 is 0 Å². The second-order valence-electron chi connectivity index (χ2n) is 5.37. The van der Waals surface area contributed by atoms with Crippen LogP contribution in [0.25, 0.3) is 11.0 Å². The van der Waals surface area contributed by atoms with Gasteiger partial charge >= 0.3 is 0 Å². The maximum absolute atomic E-state index is 6.20. The highest BCUT2D eigenvalue weighted by molar-refractivity contribution is 6.34. The third-order valence-electron chi connectivity index (χ3n) is 3.37. The molecular weight excluding hydrogens is 222 g/mol. The SMILES string of the molecule is CC1(C)CC(n2nnc3cccc(Cl)c32)C1. The van der Waals surface area contributed by atoms with Crippen molar-refractivity contribution in [3.63, 3.8) is 0 Å². The van der Waals surface area contributed by atoms with Gasteiger partial charge in [-0.2, -0.15) is 0 Å². The van der Waals surface area contributed by atoms with Gasteiger partial charge in [0.1, 0.15) is 11.0 Å². The third kappa shape index (κ3) is 1.42. The number of para-hydroxylation sites is 1. The van der Waals surface area contributed by atoms with Crippen LogP contribution in [0.5, 0.6) is 0 Å². The number of nitrogens with zero attached hydrogens (tertiary/aromatic N) is 3. The summed E-state index contributed by atoms with van der Waals surface area (Å²) >= 11 is 6.20. The maximum Gasteiger partial charge on any atom is 0.114 e. The zero-order valence-electron chi connectivity index (χ0n) is 9.44. The number of aromatic nitrogens is 3. The molecular formula is C12H14ClN3. The van der Waals surface area contributed by atoms with Gasteiger partial charge in [0.05, 0.1) is 11.1 Å². The van der Waals surface area contributed by atoms with Gasteiger partial charge in [0.15, 0.2) is 0 Å². The predicted octanol–water partition coefficient (Wildman–Crippen LogP) is 3.45. The second kappa shape index (κ2) is 3.20. The van der Waals surface area contributed by atoms with E-state index < -0.39 is 0 Å². The summed E-state index contributed by atoms with van der Waals surface area (Å²) in [5.41, 5.74) is 2.30. The van der Waals surface area contributed by atoms with Crippen LogP contribution in [0.1, 0.15) is 32.7 Å². The third-order valence-corrected chi connectivity index (χ3v) is 3.67. The highest BCUT2D eigenvalue weighted by atomic mass is 35.5. The van der Waals surface area contributed by atoms with E-state index >= 15 is 0 Å². The lowest BCUT2D eigenvalue weighted by Crippen LogP contribution is -2.34. The summed E-state index contributed by atoms with van der Waals surface area (Å²) in [6.07, 6.45) is 2.30. The molecule has 0 atom stereocenters. The molecule has 1 aliphatic carbocycles. The summed E-state index contributed by atoms with van der Waals surface area (Å²) in [7, 11) is 0. The number of hydrogen-bond donors (Lipinski definition) is 0. The Hall–Kier alpha value is -1.09. The minimum absolute atomic E-state index is 0.435. The summed E-state index contributed by atoms with van der Waals surface area (Å²) in [6.45, 7) is 4.56. The fraction of sp³-hybridized carbons (Fsp3) is 0.500. The van der Waals surface area contributed by atoms with E-state index in [2.05, 4.69) is 24.2 Å². The number of hydrogen-bond acceptors (Lipinski definition) is 2. The van der Waals surface area contributed by atoms with Gasteiger partial charge in [0, 0.05) is 0 Å². The molecule has 1 aromatic heterocycles. The van der Waals surface area contributed by atoms with E-state index in [-0.39, 0.29) is 0 Å². The minimum atomic E-state index is 0.435. The lowest BCUT2D eigenvalue weighted by molar-refractivity contribution is 0.0966. The predicted molar refractivity (Wildman–Crippen MR) is 64.6 cm³/mol. The molecule has 84 valence electrons. The van der Waals surface area contributed by atoms with Crippen LogP contribution in [0.2, 0.25) is 5.02 Å². The van der Waals surface area contributed by atoms with Gasteiger partial charge < -0.3 is 0 Å². The highest BCUT2D eigenvalue weighted by Gasteiger charge is 2.38. The van der Waals surface area contributed by atoms with Crippen molar-refractivity contribution >= 4 is 22.6 Å². The molecule has 0 bridgehead atoms. The van der Waals surface area contributed by atoms with Gasteiger partial charge in [0.2, 0.25) is 0 Å². The molecule has 0 N–H and O–H groups in total. The Morgan fingerprint density at radius 2 is 2.12 bits per heavy atom. The van der Waals surface area contributed by atoms with Crippen molar-refractivity contribution in [1.29, 1.82) is 0 Å². The van der Waals surface area contributed by atoms with Crippen LogP contribution in [0.15, 0.2) is 18.2 Å². The molecule has 0 saturated heterocycles. The van der Waals surface area contributed by atoms with Crippen LogP contribution in [0.3, 0.4) is 0 Å². The molecule has 1 aliphatic rings. The molecule has 0 radical (unpaired) electrons. The van der Waals surface area contributed by atoms with Crippen LogP contribution in [-0.4, -0.2) is 15.0 Å². The van der Waals surface area contributed by atoms with Crippen LogP contribution >= 0.6 is 11.6 Å². The standard InChI is InChI=1S/C12H14ClN3/c1-12(2)6-8(7-12)16-11-9(13)4-3-5-10(11)14-15-16/h3-5,8H,6-7H2,1-2H3. The zero-order chi connectivity index (χ0) is 11.3. The van der Waals surface area contributed by atoms with E-state index in [0.29, 0.717) is 11.5 Å². The van der Waals surface area contributed by atoms with Gasteiger partial charge in [-0.1, -0.05) is 36.7 Å². The Bertz CT molecular complexity index is 536. The van der Waals surface area contributed by atoms with Crippen LogP contribution in [0, 0.1) is 5.41 Å². The largest absolute Gasteiger partial charge is 0.240 e. The Kier molecular flexibility index (Phi) is 2.02. The summed E-state index contributed by atoms with van der Waals surface area (Å²) in [4.78, 5) is 0. The molecule has 1 heterocycles. The molecule has 1 fully saturated rings. The molecule has 1 saturated carbocycles. The summed E-state index contributed by atoms with van der Waals surface area (Å²) in [6, 6.07) is 6.22. The van der Waals surface area contributed by atoms with Gasteiger partial charge in [-0.15, -0.1) is 5.10 Å². The smallest absolute Gasteiger partial charge is 0.114 e. The Morgan fingerprint density at radius 1 is 1.38 bits per heavy atom. The Balaban J connectivity index is 2.06. The van der Waals surface area contributed by atoms with Crippen molar-refractivity contribution in [2.75, 3.05) is 0 Å². The van der Waals surface area contributed by atoms with Gasteiger partial charge in [0.25, 0.3) is 0 Å². The molecule has 0 aliphatic heterocycles. The van der Waals surface area contributed by atoms with Crippen LogP contribution in [-0.2, 0) is 0 Å². The quantitative estimate of drug-likeness (QED) is 0.758. The molecule has 0 spiro atoms. The molecule has 3 rings (SSSR count). The first-order valence-electron chi connectivity index (χ1n) is 5.56. The molecule has 0 unspecified atom stereocenters. The Labute approximate surface area is 99.4 Å². The first-order chi connectivity index (χ1) is 7.57. The fourth-order valence-corrected chi connectivity index (χ4v) is 2.85. The highest BCUT2D eigenvalue weighted by Crippen LogP contribution is 2.48. The van der Waals surface area contributed by atoms with Crippen molar-refractivity contribution in [3.8, 4) is 0 Å². The molecule has 2 aromatic rings. The molecule has 4 heteroatoms. The molecule has 16 heavy (non-hydrogen) atoms. The normalized spacial score (nSPS) is 19.9. The number of halogens is 1. The zero-order valence-corrected chi connectivity index (χ0v) is 10.2. The van der Waals surface area contributed by atoms with Gasteiger partial charge in [-0.25, -0.2) is 4.68 Å². The monoisotopic (exact) mass is 235 g/mol. The summed E-state index contributed by atoms with van der Waals surface area (Å²) < 4.78 is 1.99. The molecule has 1 aromatic carbocycles. The first kappa shape index (κ1) is 10.1. The second-order valence-corrected chi connectivity index (χ2v) is 5.78. The molecule has 3 nitrogen and oxygen atoms in total. The number of rotatable bonds is 1. The van der Waals surface area contributed by atoms with Crippen LogP contribution in [0.4, 0.5) is 0 Å². The van der Waals surface area contributed by atoms with E-state index in [1.807, 2.05) is 22.9 Å². The average Bonchev–Trinajstić information content (AvgIpc) is 2.59. The topological polar surface area (TPSA) is 30.7 Å². The van der Waals surface area contributed by atoms with E-state index in [4.69, 9.17) is 11.6 Å². The van der Waals surface area contributed by atoms with Crippen molar-refractivity contribution in [3.05, 3.63) is 23.2 Å². The van der Waals surface area contributed by atoms with Gasteiger partial charge in [-0.3, -0.25) is 0 Å². The van der Waals surface area contributed by atoms with E-state index in [9.17, 15) is 0 Å². The van der Waals surface area contributed by atoms with E-state index in [0.717, 1.165) is 28.9 Å². The van der Waals surface area contributed by atoms with E-state index in [1.54, 1.807) is 0 Å². The number of fused-ring (bicyclic) bond motifs is 1. The van der Waals surface area contributed by atoms with Crippen LogP contribution < -0.4 is 0 Å². The summed E-state index contributed by atoms with van der Waals surface area (Å²) in [5, 5.41) is 9.13. The maximum atomic E-state index is 6.20. The van der Waals surface area contributed by atoms with E-state index in [1.165, 1.54) is 0 Å². The fourth-order valence-electron chi connectivity index (χ4n) is 2.60. The van der Waals surface area contributed by atoms with Gasteiger partial charge in [-0.05, 0) is 30.4 Å². The van der Waals surface area contributed by atoms with Crippen molar-refractivity contribution in [2.24, 2.45) is 5.41 Å². The number of benzene rings is 1. The Morgan fingerprint density at radius 3 is 2.81 bits per heavy atom. The first-order valence-corrected chi connectivity index (χ1v) is 5.94. The average molecular weight is 236 g/mol. The van der Waals surface area contributed by atoms with Crippen molar-refractivity contribution in [1.82, 2.24) is 15.0 Å².